The van der Waals surface area contributed by atoms with Crippen molar-refractivity contribution in [1.29, 1.82) is 0 Å². The molecule has 1 saturated heterocycles. The van der Waals surface area contributed by atoms with Gasteiger partial charge in [0.25, 0.3) is 0 Å². The van der Waals surface area contributed by atoms with E-state index in [1.165, 1.54) is 4.57 Å². The maximum atomic E-state index is 11.9. The number of oxazole rings is 1. The minimum atomic E-state index is -0.482. The Bertz CT molecular complexity index is 731. The van der Waals surface area contributed by atoms with Gasteiger partial charge in [0.2, 0.25) is 5.91 Å². The number of aryl methyl sites for hydroxylation is 1. The second-order valence-electron chi connectivity index (χ2n) is 5.32. The summed E-state index contributed by atoms with van der Waals surface area (Å²) in [6, 6.07) is 4.99. The average Bonchev–Trinajstić information content (AvgIpc) is 3.10. The van der Waals surface area contributed by atoms with E-state index in [0.717, 1.165) is 19.4 Å². The molecule has 2 aromatic rings. The molecule has 0 radical (unpaired) electrons. The van der Waals surface area contributed by atoms with E-state index in [4.69, 9.17) is 20.8 Å². The number of rotatable bonds is 5. The number of hydrogen-bond donors (Lipinski definition) is 1. The molecule has 2 heterocycles. The molecule has 1 aromatic carbocycles. The quantitative estimate of drug-likeness (QED) is 0.912. The van der Waals surface area contributed by atoms with Crippen LogP contribution in [0, 0.1) is 0 Å². The molecule has 1 amide bonds. The lowest BCUT2D eigenvalue weighted by Crippen LogP contribution is -2.32. The summed E-state index contributed by atoms with van der Waals surface area (Å²) in [7, 11) is 0. The minimum absolute atomic E-state index is 0.106. The number of amides is 1. The second-order valence-corrected chi connectivity index (χ2v) is 5.76. The molecule has 0 aliphatic carbocycles. The molecule has 0 spiro atoms. The van der Waals surface area contributed by atoms with Gasteiger partial charge in [-0.1, -0.05) is 11.6 Å². The van der Waals surface area contributed by atoms with Crippen LogP contribution in [0.1, 0.15) is 19.3 Å². The van der Waals surface area contributed by atoms with Crippen LogP contribution in [0.5, 0.6) is 0 Å². The van der Waals surface area contributed by atoms with Gasteiger partial charge in [-0.05, 0) is 25.0 Å². The predicted octanol–water partition coefficient (Wildman–Crippen LogP) is 1.93. The Morgan fingerprint density at radius 1 is 1.45 bits per heavy atom. The van der Waals surface area contributed by atoms with Crippen molar-refractivity contribution >= 4 is 28.6 Å². The average molecular weight is 325 g/mol. The summed E-state index contributed by atoms with van der Waals surface area (Å²) in [5.74, 6) is -0.588. The first kappa shape index (κ1) is 15.1. The molecular formula is C15H17ClN2O4. The predicted molar refractivity (Wildman–Crippen MR) is 82.1 cm³/mol. The van der Waals surface area contributed by atoms with Crippen LogP contribution >= 0.6 is 11.6 Å². The molecule has 0 bridgehead atoms. The number of benzene rings is 1. The number of ether oxygens (including phenoxy) is 1. The van der Waals surface area contributed by atoms with E-state index in [-0.39, 0.29) is 25.0 Å². The molecule has 7 heteroatoms. The lowest BCUT2D eigenvalue weighted by Gasteiger charge is -2.10. The van der Waals surface area contributed by atoms with Crippen LogP contribution in [0.25, 0.3) is 11.1 Å². The van der Waals surface area contributed by atoms with Crippen molar-refractivity contribution in [2.24, 2.45) is 0 Å². The monoisotopic (exact) mass is 324 g/mol. The summed E-state index contributed by atoms with van der Waals surface area (Å²) in [5, 5.41) is 3.34. The topological polar surface area (TPSA) is 73.5 Å². The van der Waals surface area contributed by atoms with Crippen molar-refractivity contribution in [3.63, 3.8) is 0 Å². The molecule has 22 heavy (non-hydrogen) atoms. The molecule has 1 N–H and O–H groups in total. The third-order valence-electron chi connectivity index (χ3n) is 3.74. The molecule has 1 aliphatic rings. The number of hydrogen-bond acceptors (Lipinski definition) is 4. The highest BCUT2D eigenvalue weighted by atomic mass is 35.5. The van der Waals surface area contributed by atoms with Gasteiger partial charge >= 0.3 is 5.76 Å². The van der Waals surface area contributed by atoms with E-state index in [9.17, 15) is 9.59 Å². The molecule has 1 aromatic heterocycles. The largest absolute Gasteiger partial charge is 0.419 e. The summed E-state index contributed by atoms with van der Waals surface area (Å²) in [4.78, 5) is 23.7. The zero-order valence-corrected chi connectivity index (χ0v) is 12.8. The Morgan fingerprint density at radius 2 is 2.32 bits per heavy atom. The SMILES string of the molecule is O=C(CCn1c(=O)oc2cc(Cl)ccc21)NC[C@H]1CCCO1. The Labute approximate surface area is 132 Å². The fourth-order valence-electron chi connectivity index (χ4n) is 2.59. The summed E-state index contributed by atoms with van der Waals surface area (Å²) >= 11 is 5.86. The van der Waals surface area contributed by atoms with Crippen molar-refractivity contribution in [3.8, 4) is 0 Å². The van der Waals surface area contributed by atoms with Gasteiger partial charge in [-0.2, -0.15) is 0 Å². The number of fused-ring (bicyclic) bond motifs is 1. The number of aromatic nitrogens is 1. The Kier molecular flexibility index (Phi) is 4.49. The van der Waals surface area contributed by atoms with Gasteiger partial charge in [0.05, 0.1) is 11.6 Å². The Hall–Kier alpha value is -1.79. The van der Waals surface area contributed by atoms with E-state index in [0.29, 0.717) is 22.7 Å². The highest BCUT2D eigenvalue weighted by Gasteiger charge is 2.16. The highest BCUT2D eigenvalue weighted by molar-refractivity contribution is 6.31. The van der Waals surface area contributed by atoms with E-state index >= 15 is 0 Å². The van der Waals surface area contributed by atoms with Gasteiger partial charge in [-0.3, -0.25) is 9.36 Å². The first-order chi connectivity index (χ1) is 10.6. The van der Waals surface area contributed by atoms with Gasteiger partial charge < -0.3 is 14.5 Å². The molecule has 1 atom stereocenters. The smallest absolute Gasteiger partial charge is 0.408 e. The molecule has 6 nitrogen and oxygen atoms in total. The molecule has 0 unspecified atom stereocenters. The van der Waals surface area contributed by atoms with Gasteiger partial charge in [0.15, 0.2) is 5.58 Å². The van der Waals surface area contributed by atoms with Crippen molar-refractivity contribution in [1.82, 2.24) is 9.88 Å². The van der Waals surface area contributed by atoms with Gasteiger partial charge in [0, 0.05) is 37.2 Å². The Balaban J connectivity index is 1.60. The third kappa shape index (κ3) is 3.34. The lowest BCUT2D eigenvalue weighted by atomic mass is 10.2. The second kappa shape index (κ2) is 6.54. The van der Waals surface area contributed by atoms with Gasteiger partial charge in [-0.15, -0.1) is 0 Å². The standard InChI is InChI=1S/C15H17ClN2O4/c16-10-3-4-12-13(8-10)22-15(20)18(12)6-5-14(19)17-9-11-2-1-7-21-11/h3-4,8,11H,1-2,5-7,9H2,(H,17,19)/t11-/m1/s1. The third-order valence-corrected chi connectivity index (χ3v) is 3.98. The van der Waals surface area contributed by atoms with Gasteiger partial charge in [0.1, 0.15) is 0 Å². The summed E-state index contributed by atoms with van der Waals surface area (Å²) in [5.41, 5.74) is 1.07. The zero-order chi connectivity index (χ0) is 15.5. The van der Waals surface area contributed by atoms with Crippen LogP contribution < -0.4 is 11.1 Å². The summed E-state index contributed by atoms with van der Waals surface area (Å²) in [6.45, 7) is 1.56. The Morgan fingerprint density at radius 3 is 3.09 bits per heavy atom. The lowest BCUT2D eigenvalue weighted by molar-refractivity contribution is -0.121. The highest BCUT2D eigenvalue weighted by Crippen LogP contribution is 2.18. The van der Waals surface area contributed by atoms with Crippen molar-refractivity contribution in [3.05, 3.63) is 33.8 Å². The first-order valence-electron chi connectivity index (χ1n) is 7.30. The number of nitrogens with one attached hydrogen (secondary N) is 1. The molecular weight excluding hydrogens is 308 g/mol. The minimum Gasteiger partial charge on any atom is -0.408 e. The molecule has 0 saturated carbocycles. The molecule has 118 valence electrons. The molecule has 1 aliphatic heterocycles. The number of halogens is 1. The van der Waals surface area contributed by atoms with Crippen LogP contribution in [0.3, 0.4) is 0 Å². The van der Waals surface area contributed by atoms with Crippen LogP contribution in [-0.2, 0) is 16.1 Å². The normalized spacial score (nSPS) is 18.0. The number of nitrogens with zero attached hydrogens (tertiary/aromatic N) is 1. The number of carbonyl (C=O) groups excluding carboxylic acids is 1. The van der Waals surface area contributed by atoms with E-state index in [2.05, 4.69) is 5.32 Å². The first-order valence-corrected chi connectivity index (χ1v) is 7.68. The number of carbonyl (C=O) groups is 1. The van der Waals surface area contributed by atoms with Crippen molar-refractivity contribution in [2.75, 3.05) is 13.2 Å². The van der Waals surface area contributed by atoms with Crippen LogP contribution in [0.4, 0.5) is 0 Å². The van der Waals surface area contributed by atoms with Gasteiger partial charge in [-0.25, -0.2) is 4.79 Å². The van der Waals surface area contributed by atoms with Crippen LogP contribution in [-0.4, -0.2) is 29.7 Å². The van der Waals surface area contributed by atoms with Crippen LogP contribution in [0.15, 0.2) is 27.4 Å². The fraction of sp³-hybridized carbons (Fsp3) is 0.467. The zero-order valence-electron chi connectivity index (χ0n) is 12.0. The maximum absolute atomic E-state index is 11.9. The summed E-state index contributed by atoms with van der Waals surface area (Å²) < 4.78 is 12.0. The van der Waals surface area contributed by atoms with E-state index in [1.807, 2.05) is 0 Å². The van der Waals surface area contributed by atoms with Crippen molar-refractivity contribution < 1.29 is 13.9 Å². The molecule has 3 rings (SSSR count). The molecule has 1 fully saturated rings. The maximum Gasteiger partial charge on any atom is 0.419 e. The summed E-state index contributed by atoms with van der Waals surface area (Å²) in [6.07, 6.45) is 2.35. The fourth-order valence-corrected chi connectivity index (χ4v) is 2.75. The van der Waals surface area contributed by atoms with E-state index < -0.39 is 5.76 Å². The van der Waals surface area contributed by atoms with Crippen molar-refractivity contribution in [2.45, 2.75) is 31.9 Å². The van der Waals surface area contributed by atoms with E-state index in [1.54, 1.807) is 18.2 Å². The van der Waals surface area contributed by atoms with Crippen LogP contribution in [0.2, 0.25) is 5.02 Å².